The molecule has 5 aliphatic rings. The van der Waals surface area contributed by atoms with Crippen LogP contribution in [0.4, 0.5) is 0 Å². The van der Waals surface area contributed by atoms with E-state index in [1.165, 1.54) is 38.5 Å². The van der Waals surface area contributed by atoms with Crippen LogP contribution in [0, 0.1) is 17.3 Å². The van der Waals surface area contributed by atoms with Crippen LogP contribution in [0.15, 0.2) is 0 Å². The zero-order valence-electron chi connectivity index (χ0n) is 15.4. The number of nitrogens with one attached hydrogen (secondary N) is 1. The van der Waals surface area contributed by atoms with Gasteiger partial charge in [-0.3, -0.25) is 9.59 Å². The third-order valence-corrected chi connectivity index (χ3v) is 8.03. The summed E-state index contributed by atoms with van der Waals surface area (Å²) in [6.45, 7) is 3.44. The largest absolute Gasteiger partial charge is 0.352 e. The van der Waals surface area contributed by atoms with E-state index < -0.39 is 0 Å². The average molecular weight is 411 g/mol. The molecule has 140 valence electrons. The normalized spacial score (nSPS) is 42.5. The number of amides is 2. The van der Waals surface area contributed by atoms with Gasteiger partial charge in [0.15, 0.2) is 0 Å². The van der Waals surface area contributed by atoms with E-state index in [1.807, 2.05) is 11.8 Å². The maximum absolute atomic E-state index is 13.1. The molecule has 0 aromatic rings. The molecular weight excluding hydrogens is 380 g/mol. The summed E-state index contributed by atoms with van der Waals surface area (Å²) in [6.07, 6.45) is 10.9. The fraction of sp³-hybridized carbons (Fsp3) is 0.900. The second kappa shape index (κ2) is 6.54. The number of likely N-dealkylation sites (tertiary alicyclic amines) is 1. The lowest BCUT2D eigenvalue weighted by molar-refractivity contribution is -0.140. The highest BCUT2D eigenvalue weighted by Gasteiger charge is 2.57. The Hall–Kier alpha value is -0.580. The summed E-state index contributed by atoms with van der Waals surface area (Å²) in [7, 11) is 0. The number of rotatable bonds is 4. The van der Waals surface area contributed by atoms with Crippen LogP contribution in [-0.4, -0.2) is 40.2 Å². The quantitative estimate of drug-likeness (QED) is 0.719. The summed E-state index contributed by atoms with van der Waals surface area (Å²) in [5.74, 6) is 2.08. The van der Waals surface area contributed by atoms with Crippen LogP contribution >= 0.6 is 15.9 Å². The van der Waals surface area contributed by atoms with Crippen LogP contribution < -0.4 is 5.32 Å². The SMILES string of the molecule is CCC(=O)NC1CCCN(C(=O)CC23CC4CC(CC(Br)(C4)C2)C3)C1. The Balaban J connectivity index is 1.39. The van der Waals surface area contributed by atoms with Crippen molar-refractivity contribution in [1.82, 2.24) is 10.2 Å². The number of carbonyl (C=O) groups excluding carboxylic acids is 2. The van der Waals surface area contributed by atoms with E-state index in [0.29, 0.717) is 23.2 Å². The fourth-order valence-corrected chi connectivity index (χ4v) is 8.14. The molecule has 0 aromatic heterocycles. The second-order valence-corrected chi connectivity index (χ2v) is 11.1. The van der Waals surface area contributed by atoms with Gasteiger partial charge in [-0.25, -0.2) is 0 Å². The van der Waals surface area contributed by atoms with Gasteiger partial charge >= 0.3 is 0 Å². The maximum atomic E-state index is 13.1. The summed E-state index contributed by atoms with van der Waals surface area (Å²) < 4.78 is 0.316. The van der Waals surface area contributed by atoms with E-state index in [1.54, 1.807) is 0 Å². The number of carbonyl (C=O) groups is 2. The van der Waals surface area contributed by atoms with Crippen molar-refractivity contribution < 1.29 is 9.59 Å². The minimum Gasteiger partial charge on any atom is -0.352 e. The first-order chi connectivity index (χ1) is 11.9. The molecule has 1 aliphatic heterocycles. The molecule has 1 heterocycles. The third kappa shape index (κ3) is 3.63. The van der Waals surface area contributed by atoms with Crippen molar-refractivity contribution in [3.8, 4) is 0 Å². The molecule has 5 fully saturated rings. The molecule has 5 rings (SSSR count). The van der Waals surface area contributed by atoms with Gasteiger partial charge in [-0.2, -0.15) is 0 Å². The molecule has 3 atom stereocenters. The van der Waals surface area contributed by atoms with Crippen molar-refractivity contribution in [2.45, 2.75) is 81.5 Å². The van der Waals surface area contributed by atoms with Gasteiger partial charge in [0.05, 0.1) is 0 Å². The standard InChI is InChI=1S/C20H31BrN2O2/c1-2-17(24)22-16-4-3-5-23(12-16)18(25)11-19-7-14-6-15(8-19)10-20(21,9-14)13-19/h14-16H,2-13H2,1H3,(H,22,24). The minimum absolute atomic E-state index is 0.0987. The van der Waals surface area contributed by atoms with E-state index in [-0.39, 0.29) is 17.4 Å². The van der Waals surface area contributed by atoms with Gasteiger partial charge in [0.2, 0.25) is 11.8 Å². The van der Waals surface area contributed by atoms with E-state index in [0.717, 1.165) is 37.6 Å². The van der Waals surface area contributed by atoms with Crippen LogP contribution in [0.1, 0.15) is 71.1 Å². The Morgan fingerprint density at radius 3 is 2.56 bits per heavy atom. The number of piperidine rings is 1. The molecule has 4 saturated carbocycles. The Kier molecular flexibility index (Phi) is 4.66. The van der Waals surface area contributed by atoms with Crippen molar-refractivity contribution in [1.29, 1.82) is 0 Å². The molecule has 0 spiro atoms. The molecule has 4 aliphatic carbocycles. The highest BCUT2D eigenvalue weighted by atomic mass is 79.9. The van der Waals surface area contributed by atoms with Crippen molar-refractivity contribution in [2.24, 2.45) is 17.3 Å². The molecule has 4 bridgehead atoms. The van der Waals surface area contributed by atoms with Crippen LogP contribution in [0.3, 0.4) is 0 Å². The Bertz CT molecular complexity index is 550. The smallest absolute Gasteiger partial charge is 0.223 e. The highest BCUT2D eigenvalue weighted by Crippen LogP contribution is 2.65. The predicted molar refractivity (Wildman–Crippen MR) is 101 cm³/mol. The van der Waals surface area contributed by atoms with Crippen molar-refractivity contribution in [3.05, 3.63) is 0 Å². The Labute approximate surface area is 159 Å². The summed E-state index contributed by atoms with van der Waals surface area (Å²) in [5, 5.41) is 3.08. The fourth-order valence-electron chi connectivity index (χ4n) is 6.63. The maximum Gasteiger partial charge on any atom is 0.223 e. The summed E-state index contributed by atoms with van der Waals surface area (Å²) >= 11 is 4.05. The lowest BCUT2D eigenvalue weighted by Gasteiger charge is -2.60. The van der Waals surface area contributed by atoms with Gasteiger partial charge in [0.25, 0.3) is 0 Å². The van der Waals surface area contributed by atoms with E-state index in [2.05, 4.69) is 21.2 Å². The molecule has 25 heavy (non-hydrogen) atoms. The monoisotopic (exact) mass is 410 g/mol. The minimum atomic E-state index is 0.0987. The van der Waals surface area contributed by atoms with Crippen molar-refractivity contribution >= 4 is 27.7 Å². The van der Waals surface area contributed by atoms with Gasteiger partial charge in [-0.1, -0.05) is 22.9 Å². The zero-order valence-corrected chi connectivity index (χ0v) is 16.9. The molecule has 1 N–H and O–H groups in total. The average Bonchev–Trinajstić information content (AvgIpc) is 2.52. The van der Waals surface area contributed by atoms with Gasteiger partial charge < -0.3 is 10.2 Å². The number of alkyl halides is 1. The second-order valence-electron chi connectivity index (χ2n) is 9.39. The molecule has 3 unspecified atom stereocenters. The van der Waals surface area contributed by atoms with E-state index >= 15 is 0 Å². The first-order valence-electron chi connectivity index (χ1n) is 10.1. The van der Waals surface area contributed by atoms with Crippen molar-refractivity contribution in [2.75, 3.05) is 13.1 Å². The Morgan fingerprint density at radius 1 is 1.20 bits per heavy atom. The number of hydrogen-bond donors (Lipinski definition) is 1. The summed E-state index contributed by atoms with van der Waals surface area (Å²) in [5.41, 5.74) is 0.240. The van der Waals surface area contributed by atoms with Gasteiger partial charge in [0, 0.05) is 36.3 Å². The molecule has 2 amide bonds. The molecule has 0 radical (unpaired) electrons. The zero-order chi connectivity index (χ0) is 17.7. The molecule has 0 aromatic carbocycles. The van der Waals surface area contributed by atoms with Crippen LogP contribution in [0.25, 0.3) is 0 Å². The van der Waals surface area contributed by atoms with E-state index in [4.69, 9.17) is 0 Å². The highest BCUT2D eigenvalue weighted by molar-refractivity contribution is 9.10. The molecule has 5 heteroatoms. The molecule has 1 saturated heterocycles. The summed E-state index contributed by atoms with van der Waals surface area (Å²) in [6, 6.07) is 0.143. The molecule has 4 nitrogen and oxygen atoms in total. The van der Waals surface area contributed by atoms with Crippen LogP contribution in [0.5, 0.6) is 0 Å². The third-order valence-electron chi connectivity index (χ3n) is 7.10. The van der Waals surface area contributed by atoms with Crippen LogP contribution in [-0.2, 0) is 9.59 Å². The first-order valence-corrected chi connectivity index (χ1v) is 10.9. The first kappa shape index (κ1) is 17.8. The number of halogens is 1. The topological polar surface area (TPSA) is 49.4 Å². The van der Waals surface area contributed by atoms with Gasteiger partial charge in [-0.15, -0.1) is 0 Å². The molecular formula is C20H31BrN2O2. The predicted octanol–water partition coefficient (Wildman–Crippen LogP) is 3.63. The number of nitrogens with zero attached hydrogens (tertiary/aromatic N) is 1. The lowest BCUT2D eigenvalue weighted by Crippen LogP contribution is -2.55. The van der Waals surface area contributed by atoms with E-state index in [9.17, 15) is 9.59 Å². The summed E-state index contributed by atoms with van der Waals surface area (Å²) in [4.78, 5) is 26.8. The van der Waals surface area contributed by atoms with Crippen LogP contribution in [0.2, 0.25) is 0 Å². The van der Waals surface area contributed by atoms with Crippen molar-refractivity contribution in [3.63, 3.8) is 0 Å². The van der Waals surface area contributed by atoms with Gasteiger partial charge in [0.1, 0.15) is 0 Å². The Morgan fingerprint density at radius 2 is 1.92 bits per heavy atom. The lowest BCUT2D eigenvalue weighted by atomic mass is 9.48. The number of hydrogen-bond acceptors (Lipinski definition) is 2. The van der Waals surface area contributed by atoms with Gasteiger partial charge in [-0.05, 0) is 68.6 Å².